The SMILES string of the molecule is Cc1nn(CC(C)C)c(Cl)c1/C=C/C(=O)OCc1cc(=O)n2c(C)cccc2n1. The van der Waals surface area contributed by atoms with Crippen molar-refractivity contribution in [3.05, 3.63) is 68.5 Å². The summed E-state index contributed by atoms with van der Waals surface area (Å²) in [7, 11) is 0. The van der Waals surface area contributed by atoms with E-state index in [0.717, 1.165) is 11.4 Å². The Morgan fingerprint density at radius 1 is 1.31 bits per heavy atom. The fourth-order valence-corrected chi connectivity index (χ4v) is 3.31. The van der Waals surface area contributed by atoms with E-state index in [1.54, 1.807) is 16.8 Å². The third-order valence-corrected chi connectivity index (χ3v) is 4.73. The number of esters is 1. The number of halogens is 1. The van der Waals surface area contributed by atoms with Crippen molar-refractivity contribution in [3.63, 3.8) is 0 Å². The molecule has 3 aromatic heterocycles. The van der Waals surface area contributed by atoms with Gasteiger partial charge in [-0.25, -0.2) is 9.78 Å². The predicted octanol–water partition coefficient (Wildman–Crippen LogP) is 3.57. The molecule has 0 bridgehead atoms. The predicted molar refractivity (Wildman–Crippen MR) is 112 cm³/mol. The highest BCUT2D eigenvalue weighted by Crippen LogP contribution is 2.22. The van der Waals surface area contributed by atoms with Crippen LogP contribution in [0, 0.1) is 19.8 Å². The second-order valence-corrected chi connectivity index (χ2v) is 7.61. The molecular formula is C21H23ClN4O3. The van der Waals surface area contributed by atoms with Crippen molar-refractivity contribution in [1.82, 2.24) is 19.2 Å². The summed E-state index contributed by atoms with van der Waals surface area (Å²) in [5.41, 5.74) is 2.90. The molecule has 0 aliphatic heterocycles. The lowest BCUT2D eigenvalue weighted by atomic mass is 10.2. The van der Waals surface area contributed by atoms with E-state index in [4.69, 9.17) is 16.3 Å². The smallest absolute Gasteiger partial charge is 0.331 e. The molecule has 0 aromatic carbocycles. The van der Waals surface area contributed by atoms with Gasteiger partial charge in [-0.1, -0.05) is 31.5 Å². The summed E-state index contributed by atoms with van der Waals surface area (Å²) in [6, 6.07) is 6.76. The van der Waals surface area contributed by atoms with Gasteiger partial charge < -0.3 is 4.74 Å². The Morgan fingerprint density at radius 3 is 2.79 bits per heavy atom. The molecule has 3 rings (SSSR count). The van der Waals surface area contributed by atoms with E-state index >= 15 is 0 Å². The average Bonchev–Trinajstić information content (AvgIpc) is 2.90. The van der Waals surface area contributed by atoms with E-state index in [2.05, 4.69) is 23.9 Å². The number of aromatic nitrogens is 4. The molecule has 0 saturated carbocycles. The van der Waals surface area contributed by atoms with Crippen molar-refractivity contribution in [2.24, 2.45) is 5.92 Å². The molecule has 0 fully saturated rings. The molecule has 0 atom stereocenters. The summed E-state index contributed by atoms with van der Waals surface area (Å²) in [6.07, 6.45) is 2.89. The number of aryl methyl sites for hydroxylation is 2. The molecule has 0 aliphatic rings. The van der Waals surface area contributed by atoms with Crippen molar-refractivity contribution in [1.29, 1.82) is 0 Å². The number of carbonyl (C=O) groups is 1. The van der Waals surface area contributed by atoms with Crippen molar-refractivity contribution in [2.45, 2.75) is 40.8 Å². The molecule has 0 aliphatic carbocycles. The standard InChI is InChI=1S/C21H23ClN4O3/c1-13(2)11-25-21(22)17(15(4)24-25)8-9-20(28)29-12-16-10-19(27)26-14(3)6-5-7-18(26)23-16/h5-10,13H,11-12H2,1-4H3/b9-8+. The van der Waals surface area contributed by atoms with Gasteiger partial charge in [0.15, 0.2) is 0 Å². The van der Waals surface area contributed by atoms with Crippen LogP contribution in [0.25, 0.3) is 11.7 Å². The van der Waals surface area contributed by atoms with E-state index in [0.29, 0.717) is 34.5 Å². The number of hydrogen-bond acceptors (Lipinski definition) is 5. The maximum absolute atomic E-state index is 12.3. The van der Waals surface area contributed by atoms with Crippen LogP contribution in [0.3, 0.4) is 0 Å². The third-order valence-electron chi connectivity index (χ3n) is 4.33. The third kappa shape index (κ3) is 4.74. The lowest BCUT2D eigenvalue weighted by Crippen LogP contribution is -2.18. The van der Waals surface area contributed by atoms with Crippen molar-refractivity contribution in [2.75, 3.05) is 0 Å². The fourth-order valence-electron chi connectivity index (χ4n) is 3.01. The van der Waals surface area contributed by atoms with Crippen LogP contribution in [0.15, 0.2) is 35.1 Å². The largest absolute Gasteiger partial charge is 0.456 e. The minimum Gasteiger partial charge on any atom is -0.456 e. The molecule has 3 heterocycles. The second kappa shape index (κ2) is 8.61. The maximum Gasteiger partial charge on any atom is 0.331 e. The number of pyridine rings is 1. The van der Waals surface area contributed by atoms with E-state index in [9.17, 15) is 9.59 Å². The van der Waals surface area contributed by atoms with Gasteiger partial charge in [0.2, 0.25) is 0 Å². The molecule has 3 aromatic rings. The Balaban J connectivity index is 1.70. The quantitative estimate of drug-likeness (QED) is 0.455. The topological polar surface area (TPSA) is 78.5 Å². The first-order chi connectivity index (χ1) is 13.8. The molecule has 0 N–H and O–H groups in total. The van der Waals surface area contributed by atoms with E-state index in [-0.39, 0.29) is 12.2 Å². The highest BCUT2D eigenvalue weighted by Gasteiger charge is 2.13. The number of rotatable bonds is 6. The first-order valence-electron chi connectivity index (χ1n) is 9.32. The Morgan fingerprint density at radius 2 is 2.07 bits per heavy atom. The minimum atomic E-state index is -0.552. The Labute approximate surface area is 173 Å². The van der Waals surface area contributed by atoms with Crippen LogP contribution in [0.2, 0.25) is 5.15 Å². The van der Waals surface area contributed by atoms with Crippen LogP contribution in [0.1, 0.15) is 36.5 Å². The van der Waals surface area contributed by atoms with Gasteiger partial charge in [-0.05, 0) is 38.0 Å². The van der Waals surface area contributed by atoms with Gasteiger partial charge in [-0.2, -0.15) is 5.10 Å². The van der Waals surface area contributed by atoms with E-state index in [1.807, 2.05) is 26.0 Å². The van der Waals surface area contributed by atoms with Gasteiger partial charge in [0.1, 0.15) is 17.4 Å². The van der Waals surface area contributed by atoms with Crippen LogP contribution in [-0.4, -0.2) is 25.1 Å². The van der Waals surface area contributed by atoms with Crippen LogP contribution in [0.5, 0.6) is 0 Å². The molecule has 29 heavy (non-hydrogen) atoms. The van der Waals surface area contributed by atoms with Crippen molar-refractivity contribution >= 4 is 29.3 Å². The Bertz CT molecular complexity index is 1140. The van der Waals surface area contributed by atoms with Gasteiger partial charge in [-0.15, -0.1) is 0 Å². The zero-order chi connectivity index (χ0) is 21.1. The second-order valence-electron chi connectivity index (χ2n) is 7.25. The van der Waals surface area contributed by atoms with Crippen molar-refractivity contribution in [3.8, 4) is 0 Å². The number of ether oxygens (including phenoxy) is 1. The number of hydrogen-bond donors (Lipinski definition) is 0. The Kier molecular flexibility index (Phi) is 6.17. The highest BCUT2D eigenvalue weighted by atomic mass is 35.5. The summed E-state index contributed by atoms with van der Waals surface area (Å²) >= 11 is 6.37. The number of fused-ring (bicyclic) bond motifs is 1. The Hall–Kier alpha value is -2.93. The summed E-state index contributed by atoms with van der Waals surface area (Å²) in [6.45, 7) is 8.42. The summed E-state index contributed by atoms with van der Waals surface area (Å²) in [5.74, 6) is -0.153. The lowest BCUT2D eigenvalue weighted by Gasteiger charge is -2.06. The maximum atomic E-state index is 12.3. The van der Waals surface area contributed by atoms with Crippen LogP contribution in [0.4, 0.5) is 0 Å². The van der Waals surface area contributed by atoms with Gasteiger partial charge in [0.25, 0.3) is 5.56 Å². The molecule has 0 saturated heterocycles. The highest BCUT2D eigenvalue weighted by molar-refractivity contribution is 6.31. The summed E-state index contributed by atoms with van der Waals surface area (Å²) in [4.78, 5) is 28.8. The first-order valence-corrected chi connectivity index (χ1v) is 9.70. The molecule has 0 amide bonds. The minimum absolute atomic E-state index is 0.0951. The van der Waals surface area contributed by atoms with Gasteiger partial charge >= 0.3 is 5.97 Å². The van der Waals surface area contributed by atoms with Gasteiger partial charge in [-0.3, -0.25) is 13.9 Å². The summed E-state index contributed by atoms with van der Waals surface area (Å²) < 4.78 is 8.46. The first kappa shape index (κ1) is 20.8. The summed E-state index contributed by atoms with van der Waals surface area (Å²) in [5, 5.41) is 4.89. The zero-order valence-electron chi connectivity index (χ0n) is 16.8. The molecule has 152 valence electrons. The van der Waals surface area contributed by atoms with Crippen LogP contribution >= 0.6 is 11.6 Å². The van der Waals surface area contributed by atoms with E-state index in [1.165, 1.54) is 16.5 Å². The van der Waals surface area contributed by atoms with Gasteiger partial charge in [0.05, 0.1) is 11.4 Å². The lowest BCUT2D eigenvalue weighted by molar-refractivity contribution is -0.139. The molecule has 0 radical (unpaired) electrons. The fraction of sp³-hybridized carbons (Fsp3) is 0.333. The molecule has 0 spiro atoms. The zero-order valence-corrected chi connectivity index (χ0v) is 17.6. The molecule has 8 heteroatoms. The molecular weight excluding hydrogens is 392 g/mol. The average molecular weight is 415 g/mol. The van der Waals surface area contributed by atoms with Crippen LogP contribution in [-0.2, 0) is 22.7 Å². The molecule has 0 unspecified atom stereocenters. The normalized spacial score (nSPS) is 11.7. The number of nitrogens with zero attached hydrogens (tertiary/aromatic N) is 4. The molecule has 7 nitrogen and oxygen atoms in total. The van der Waals surface area contributed by atoms with Crippen LogP contribution < -0.4 is 5.56 Å². The monoisotopic (exact) mass is 414 g/mol. The van der Waals surface area contributed by atoms with Crippen molar-refractivity contribution < 1.29 is 9.53 Å². The number of carbonyl (C=O) groups excluding carboxylic acids is 1. The van der Waals surface area contributed by atoms with E-state index < -0.39 is 5.97 Å². The van der Waals surface area contributed by atoms with Gasteiger partial charge in [0, 0.05) is 29.9 Å².